The van der Waals surface area contributed by atoms with E-state index in [9.17, 15) is 4.79 Å². The molecule has 1 heterocycles. The van der Waals surface area contributed by atoms with Gasteiger partial charge in [0.25, 0.3) is 0 Å². The fraction of sp³-hybridized carbons (Fsp3) is 0.500. The van der Waals surface area contributed by atoms with E-state index in [1.807, 2.05) is 39.0 Å². The predicted octanol–water partition coefficient (Wildman–Crippen LogP) is 2.57. The van der Waals surface area contributed by atoms with Crippen LogP contribution in [0.5, 0.6) is 11.5 Å². The van der Waals surface area contributed by atoms with Crippen LogP contribution in [0.15, 0.2) is 18.2 Å². The van der Waals surface area contributed by atoms with Gasteiger partial charge in [-0.2, -0.15) is 0 Å². The lowest BCUT2D eigenvalue weighted by molar-refractivity contribution is 0.174. The average Bonchev–Trinajstić information content (AvgIpc) is 2.85. The summed E-state index contributed by atoms with van der Waals surface area (Å²) in [5, 5.41) is 5.78. The van der Waals surface area contributed by atoms with Gasteiger partial charge in [-0.1, -0.05) is 13.0 Å². The minimum Gasteiger partial charge on any atom is -0.454 e. The Labute approximate surface area is 113 Å². The first-order valence-electron chi connectivity index (χ1n) is 6.56. The Balaban J connectivity index is 1.96. The SMILES string of the molecule is CC[C@H](C)NC(=O)N[C@H](C)c1ccc2c(c1)OCO2. The van der Waals surface area contributed by atoms with E-state index in [1.54, 1.807) is 0 Å². The van der Waals surface area contributed by atoms with E-state index in [0.29, 0.717) is 0 Å². The van der Waals surface area contributed by atoms with Crippen LogP contribution in [0.3, 0.4) is 0 Å². The van der Waals surface area contributed by atoms with Gasteiger partial charge in [-0.3, -0.25) is 0 Å². The molecule has 104 valence electrons. The van der Waals surface area contributed by atoms with Gasteiger partial charge in [0.1, 0.15) is 0 Å². The topological polar surface area (TPSA) is 59.6 Å². The van der Waals surface area contributed by atoms with E-state index in [0.717, 1.165) is 23.5 Å². The number of ether oxygens (including phenoxy) is 2. The van der Waals surface area contributed by atoms with E-state index in [1.165, 1.54) is 0 Å². The number of carbonyl (C=O) groups excluding carboxylic acids is 1. The zero-order chi connectivity index (χ0) is 13.8. The molecule has 0 fully saturated rings. The monoisotopic (exact) mass is 264 g/mol. The Morgan fingerprint density at radius 3 is 2.74 bits per heavy atom. The summed E-state index contributed by atoms with van der Waals surface area (Å²) in [5.41, 5.74) is 0.989. The molecule has 0 spiro atoms. The molecule has 2 N–H and O–H groups in total. The predicted molar refractivity (Wildman–Crippen MR) is 72.4 cm³/mol. The van der Waals surface area contributed by atoms with Crippen molar-refractivity contribution < 1.29 is 14.3 Å². The molecule has 2 amide bonds. The molecule has 5 nitrogen and oxygen atoms in total. The van der Waals surface area contributed by atoms with E-state index >= 15 is 0 Å². The smallest absolute Gasteiger partial charge is 0.315 e. The maximum absolute atomic E-state index is 11.8. The third kappa shape index (κ3) is 3.30. The second-order valence-electron chi connectivity index (χ2n) is 4.76. The number of urea groups is 1. The quantitative estimate of drug-likeness (QED) is 0.878. The molecule has 0 bridgehead atoms. The molecule has 5 heteroatoms. The molecule has 1 aliphatic heterocycles. The normalized spacial score (nSPS) is 15.7. The van der Waals surface area contributed by atoms with Crippen LogP contribution in [0.2, 0.25) is 0 Å². The van der Waals surface area contributed by atoms with Gasteiger partial charge >= 0.3 is 6.03 Å². The van der Waals surface area contributed by atoms with Crippen molar-refractivity contribution in [1.29, 1.82) is 0 Å². The van der Waals surface area contributed by atoms with E-state index in [4.69, 9.17) is 9.47 Å². The maximum Gasteiger partial charge on any atom is 0.315 e. The van der Waals surface area contributed by atoms with Crippen molar-refractivity contribution in [2.24, 2.45) is 0 Å². The summed E-state index contributed by atoms with van der Waals surface area (Å²) >= 11 is 0. The molecule has 19 heavy (non-hydrogen) atoms. The summed E-state index contributed by atoms with van der Waals surface area (Å²) < 4.78 is 10.6. The van der Waals surface area contributed by atoms with Crippen LogP contribution in [0.25, 0.3) is 0 Å². The van der Waals surface area contributed by atoms with Gasteiger partial charge in [0.15, 0.2) is 11.5 Å². The minimum atomic E-state index is -0.153. The zero-order valence-corrected chi connectivity index (χ0v) is 11.5. The van der Waals surface area contributed by atoms with Gasteiger partial charge in [0.2, 0.25) is 6.79 Å². The number of amides is 2. The molecule has 0 unspecified atom stereocenters. The first-order valence-corrected chi connectivity index (χ1v) is 6.56. The first-order chi connectivity index (χ1) is 9.10. The van der Waals surface area contributed by atoms with Crippen LogP contribution < -0.4 is 20.1 Å². The van der Waals surface area contributed by atoms with Crippen LogP contribution in [-0.4, -0.2) is 18.9 Å². The molecule has 2 atom stereocenters. The zero-order valence-electron chi connectivity index (χ0n) is 11.5. The number of rotatable bonds is 4. The lowest BCUT2D eigenvalue weighted by Crippen LogP contribution is -2.41. The molecule has 1 aliphatic rings. The number of hydrogen-bond acceptors (Lipinski definition) is 3. The van der Waals surface area contributed by atoms with Crippen molar-refractivity contribution in [2.75, 3.05) is 6.79 Å². The largest absolute Gasteiger partial charge is 0.454 e. The second-order valence-corrected chi connectivity index (χ2v) is 4.76. The Morgan fingerprint density at radius 2 is 2.00 bits per heavy atom. The van der Waals surface area contributed by atoms with Crippen LogP contribution in [-0.2, 0) is 0 Å². The van der Waals surface area contributed by atoms with Crippen molar-refractivity contribution in [3.8, 4) is 11.5 Å². The fourth-order valence-corrected chi connectivity index (χ4v) is 1.83. The molecular weight excluding hydrogens is 244 g/mol. The number of nitrogens with one attached hydrogen (secondary N) is 2. The molecule has 1 aromatic rings. The summed E-state index contributed by atoms with van der Waals surface area (Å²) in [4.78, 5) is 11.8. The highest BCUT2D eigenvalue weighted by Crippen LogP contribution is 2.34. The number of hydrogen-bond donors (Lipinski definition) is 2. The molecule has 0 saturated heterocycles. The van der Waals surface area contributed by atoms with E-state index < -0.39 is 0 Å². The Morgan fingerprint density at radius 1 is 1.26 bits per heavy atom. The number of carbonyl (C=O) groups is 1. The van der Waals surface area contributed by atoms with Gasteiger partial charge < -0.3 is 20.1 Å². The number of fused-ring (bicyclic) bond motifs is 1. The summed E-state index contributed by atoms with van der Waals surface area (Å²) in [6.45, 7) is 6.21. The van der Waals surface area contributed by atoms with Crippen molar-refractivity contribution in [1.82, 2.24) is 10.6 Å². The summed E-state index contributed by atoms with van der Waals surface area (Å²) in [7, 11) is 0. The fourth-order valence-electron chi connectivity index (χ4n) is 1.83. The Hall–Kier alpha value is -1.91. The lowest BCUT2D eigenvalue weighted by atomic mass is 10.1. The van der Waals surface area contributed by atoms with Crippen molar-refractivity contribution >= 4 is 6.03 Å². The summed E-state index contributed by atoms with van der Waals surface area (Å²) in [6, 6.07) is 5.63. The van der Waals surface area contributed by atoms with Crippen LogP contribution in [0.1, 0.15) is 38.8 Å². The average molecular weight is 264 g/mol. The molecule has 1 aromatic carbocycles. The van der Waals surface area contributed by atoms with Gasteiger partial charge in [0, 0.05) is 6.04 Å². The third-order valence-corrected chi connectivity index (χ3v) is 3.23. The molecule has 0 saturated carbocycles. The Kier molecular flexibility index (Phi) is 4.14. The second kappa shape index (κ2) is 5.82. The van der Waals surface area contributed by atoms with Crippen LogP contribution >= 0.6 is 0 Å². The standard InChI is InChI=1S/C14H20N2O3/c1-4-9(2)15-14(17)16-10(3)11-5-6-12-13(7-11)19-8-18-12/h5-7,9-10H,4,8H2,1-3H3,(H2,15,16,17)/t9-,10+/m0/s1. The maximum atomic E-state index is 11.8. The number of benzene rings is 1. The van der Waals surface area contributed by atoms with Gasteiger partial charge in [-0.15, -0.1) is 0 Å². The van der Waals surface area contributed by atoms with Crippen LogP contribution in [0, 0.1) is 0 Å². The molecule has 2 rings (SSSR count). The van der Waals surface area contributed by atoms with Crippen LogP contribution in [0.4, 0.5) is 4.79 Å². The molecule has 0 radical (unpaired) electrons. The molecular formula is C14H20N2O3. The summed E-state index contributed by atoms with van der Waals surface area (Å²) in [6.07, 6.45) is 0.909. The molecule has 0 aliphatic carbocycles. The Bertz CT molecular complexity index is 462. The molecule has 0 aromatic heterocycles. The van der Waals surface area contributed by atoms with E-state index in [2.05, 4.69) is 10.6 Å². The van der Waals surface area contributed by atoms with E-state index in [-0.39, 0.29) is 24.9 Å². The van der Waals surface area contributed by atoms with Crippen molar-refractivity contribution in [3.63, 3.8) is 0 Å². The highest BCUT2D eigenvalue weighted by Gasteiger charge is 2.17. The first kappa shape index (κ1) is 13.5. The van der Waals surface area contributed by atoms with Gasteiger partial charge in [-0.25, -0.2) is 4.79 Å². The highest BCUT2D eigenvalue weighted by atomic mass is 16.7. The van der Waals surface area contributed by atoms with Crippen molar-refractivity contribution in [2.45, 2.75) is 39.3 Å². The van der Waals surface area contributed by atoms with Gasteiger partial charge in [-0.05, 0) is 38.0 Å². The van der Waals surface area contributed by atoms with Crippen molar-refractivity contribution in [3.05, 3.63) is 23.8 Å². The summed E-state index contributed by atoms with van der Waals surface area (Å²) in [5.74, 6) is 1.48. The lowest BCUT2D eigenvalue weighted by Gasteiger charge is -2.17. The highest BCUT2D eigenvalue weighted by molar-refractivity contribution is 5.74. The van der Waals surface area contributed by atoms with Gasteiger partial charge in [0.05, 0.1) is 6.04 Å². The minimum absolute atomic E-state index is 0.0847. The third-order valence-electron chi connectivity index (χ3n) is 3.23.